The number of hydrogen-bond donors (Lipinski definition) is 1. The summed E-state index contributed by atoms with van der Waals surface area (Å²) in [5.74, 6) is 1.22. The van der Waals surface area contributed by atoms with Crippen molar-refractivity contribution in [2.45, 2.75) is 71.6 Å². The van der Waals surface area contributed by atoms with Crippen LogP contribution in [0.1, 0.15) is 52.3 Å². The van der Waals surface area contributed by atoms with Gasteiger partial charge < -0.3 is 9.88 Å². The molecule has 0 aromatic carbocycles. The van der Waals surface area contributed by atoms with Crippen LogP contribution >= 0.6 is 0 Å². The van der Waals surface area contributed by atoms with E-state index in [2.05, 4.69) is 46.7 Å². The fourth-order valence-corrected chi connectivity index (χ4v) is 3.34. The maximum Gasteiger partial charge on any atom is 0.122 e. The first-order valence-corrected chi connectivity index (χ1v) is 8.27. The van der Waals surface area contributed by atoms with Crippen molar-refractivity contribution in [3.05, 3.63) is 18.2 Å². The van der Waals surface area contributed by atoms with Crippen LogP contribution < -0.4 is 5.32 Å². The maximum absolute atomic E-state index is 4.49. The maximum atomic E-state index is 4.49. The van der Waals surface area contributed by atoms with Gasteiger partial charge in [0.1, 0.15) is 5.82 Å². The molecule has 114 valence electrons. The molecule has 0 spiro atoms. The Balaban J connectivity index is 2.02. The standard InChI is InChI=1S/C16H30N4/c1-4-7-14(17-8-5-2)15(6-3)20-12-11-19-10-9-18-16(19)13-20/h9-10,14-15,17H,4-8,11-13H2,1-3H3. The molecule has 0 radical (unpaired) electrons. The van der Waals surface area contributed by atoms with Gasteiger partial charge in [-0.05, 0) is 25.8 Å². The minimum atomic E-state index is 0.617. The molecule has 0 aliphatic carbocycles. The Morgan fingerprint density at radius 3 is 2.80 bits per heavy atom. The molecule has 4 heteroatoms. The highest BCUT2D eigenvalue weighted by Crippen LogP contribution is 2.19. The summed E-state index contributed by atoms with van der Waals surface area (Å²) in [6.45, 7) is 11.2. The van der Waals surface area contributed by atoms with Crippen molar-refractivity contribution >= 4 is 0 Å². The predicted octanol–water partition coefficient (Wildman–Crippen LogP) is 2.65. The van der Waals surface area contributed by atoms with E-state index in [0.29, 0.717) is 12.1 Å². The molecule has 1 N–H and O–H groups in total. The first-order chi connectivity index (χ1) is 9.80. The fourth-order valence-electron chi connectivity index (χ4n) is 3.34. The van der Waals surface area contributed by atoms with Crippen molar-refractivity contribution in [2.24, 2.45) is 0 Å². The fraction of sp³-hybridized carbons (Fsp3) is 0.812. The highest BCUT2D eigenvalue weighted by Gasteiger charge is 2.28. The van der Waals surface area contributed by atoms with E-state index in [1.165, 1.54) is 31.5 Å². The van der Waals surface area contributed by atoms with Gasteiger partial charge in [0.05, 0.1) is 6.54 Å². The van der Waals surface area contributed by atoms with Gasteiger partial charge in [-0.25, -0.2) is 4.98 Å². The normalized spacial score (nSPS) is 18.8. The van der Waals surface area contributed by atoms with Gasteiger partial charge in [0.25, 0.3) is 0 Å². The predicted molar refractivity (Wildman–Crippen MR) is 83.7 cm³/mol. The summed E-state index contributed by atoms with van der Waals surface area (Å²) >= 11 is 0. The molecular formula is C16H30N4. The average molecular weight is 278 g/mol. The summed E-state index contributed by atoms with van der Waals surface area (Å²) < 4.78 is 2.29. The minimum absolute atomic E-state index is 0.617. The van der Waals surface area contributed by atoms with Crippen molar-refractivity contribution in [3.8, 4) is 0 Å². The summed E-state index contributed by atoms with van der Waals surface area (Å²) in [4.78, 5) is 7.12. The van der Waals surface area contributed by atoms with E-state index >= 15 is 0 Å². The SMILES string of the molecule is CCCNC(CCC)C(CC)N1CCn2ccnc2C1. The summed E-state index contributed by atoms with van der Waals surface area (Å²) in [5.41, 5.74) is 0. The van der Waals surface area contributed by atoms with Crippen LogP contribution in [-0.4, -0.2) is 39.6 Å². The molecule has 1 aromatic rings. The summed E-state index contributed by atoms with van der Waals surface area (Å²) in [6, 6.07) is 1.25. The van der Waals surface area contributed by atoms with Crippen LogP contribution in [0, 0.1) is 0 Å². The molecule has 4 nitrogen and oxygen atoms in total. The molecule has 2 heterocycles. The van der Waals surface area contributed by atoms with E-state index in [9.17, 15) is 0 Å². The number of fused-ring (bicyclic) bond motifs is 1. The van der Waals surface area contributed by atoms with Gasteiger partial charge in [-0.3, -0.25) is 4.90 Å². The molecule has 2 rings (SSSR count). The molecule has 20 heavy (non-hydrogen) atoms. The highest BCUT2D eigenvalue weighted by atomic mass is 15.3. The third kappa shape index (κ3) is 3.61. The lowest BCUT2D eigenvalue weighted by Crippen LogP contribution is -2.52. The van der Waals surface area contributed by atoms with Crippen molar-refractivity contribution in [2.75, 3.05) is 13.1 Å². The Bertz CT molecular complexity index is 388. The second-order valence-corrected chi connectivity index (χ2v) is 5.83. The highest BCUT2D eigenvalue weighted by molar-refractivity contribution is 4.98. The Hall–Kier alpha value is -0.870. The van der Waals surface area contributed by atoms with Crippen molar-refractivity contribution < 1.29 is 0 Å². The largest absolute Gasteiger partial charge is 0.333 e. The zero-order valence-electron chi connectivity index (χ0n) is 13.3. The Kier molecular flexibility index (Phi) is 6.05. The zero-order chi connectivity index (χ0) is 14.4. The monoisotopic (exact) mass is 278 g/mol. The van der Waals surface area contributed by atoms with E-state index in [-0.39, 0.29) is 0 Å². The van der Waals surface area contributed by atoms with Gasteiger partial charge in [0.2, 0.25) is 0 Å². The van der Waals surface area contributed by atoms with E-state index < -0.39 is 0 Å². The van der Waals surface area contributed by atoms with Crippen LogP contribution in [-0.2, 0) is 13.1 Å². The molecule has 0 saturated heterocycles. The van der Waals surface area contributed by atoms with Crippen LogP contribution in [0.2, 0.25) is 0 Å². The first-order valence-electron chi connectivity index (χ1n) is 8.27. The lowest BCUT2D eigenvalue weighted by atomic mass is 9.98. The number of imidazole rings is 1. The number of nitrogens with zero attached hydrogens (tertiary/aromatic N) is 3. The second-order valence-electron chi connectivity index (χ2n) is 5.83. The van der Waals surface area contributed by atoms with Gasteiger partial charge in [0, 0.05) is 37.6 Å². The van der Waals surface area contributed by atoms with Crippen LogP contribution in [0.5, 0.6) is 0 Å². The van der Waals surface area contributed by atoms with Crippen molar-refractivity contribution in [3.63, 3.8) is 0 Å². The van der Waals surface area contributed by atoms with Crippen molar-refractivity contribution in [1.82, 2.24) is 19.8 Å². The zero-order valence-corrected chi connectivity index (χ0v) is 13.3. The van der Waals surface area contributed by atoms with E-state index in [1.807, 2.05) is 6.20 Å². The molecule has 2 unspecified atom stereocenters. The van der Waals surface area contributed by atoms with E-state index in [4.69, 9.17) is 0 Å². The van der Waals surface area contributed by atoms with Gasteiger partial charge >= 0.3 is 0 Å². The Labute approximate surface area is 123 Å². The Morgan fingerprint density at radius 1 is 1.25 bits per heavy atom. The molecular weight excluding hydrogens is 248 g/mol. The number of hydrogen-bond acceptors (Lipinski definition) is 3. The lowest BCUT2D eigenvalue weighted by molar-refractivity contribution is 0.113. The number of aromatic nitrogens is 2. The van der Waals surface area contributed by atoms with Gasteiger partial charge in [-0.1, -0.05) is 27.2 Å². The molecule has 1 aliphatic rings. The van der Waals surface area contributed by atoms with E-state index in [1.54, 1.807) is 0 Å². The van der Waals surface area contributed by atoms with Crippen molar-refractivity contribution in [1.29, 1.82) is 0 Å². The molecule has 1 aliphatic heterocycles. The summed E-state index contributed by atoms with van der Waals surface area (Å²) in [7, 11) is 0. The number of nitrogens with one attached hydrogen (secondary N) is 1. The van der Waals surface area contributed by atoms with Gasteiger partial charge in [0.15, 0.2) is 0 Å². The summed E-state index contributed by atoms with van der Waals surface area (Å²) in [5, 5.41) is 3.77. The van der Waals surface area contributed by atoms with Gasteiger partial charge in [-0.2, -0.15) is 0 Å². The third-order valence-electron chi connectivity index (χ3n) is 4.38. The van der Waals surface area contributed by atoms with Crippen LogP contribution in [0.15, 0.2) is 12.4 Å². The molecule has 0 saturated carbocycles. The molecule has 0 bridgehead atoms. The minimum Gasteiger partial charge on any atom is -0.333 e. The topological polar surface area (TPSA) is 33.1 Å². The molecule has 0 amide bonds. The molecule has 2 atom stereocenters. The van der Waals surface area contributed by atoms with Crippen LogP contribution in [0.3, 0.4) is 0 Å². The first kappa shape index (κ1) is 15.5. The smallest absolute Gasteiger partial charge is 0.122 e. The molecule has 1 aromatic heterocycles. The van der Waals surface area contributed by atoms with E-state index in [0.717, 1.165) is 26.2 Å². The molecule has 0 fully saturated rings. The Morgan fingerprint density at radius 2 is 2.10 bits per heavy atom. The summed E-state index contributed by atoms with van der Waals surface area (Å²) in [6.07, 6.45) is 8.97. The van der Waals surface area contributed by atoms with Crippen LogP contribution in [0.4, 0.5) is 0 Å². The van der Waals surface area contributed by atoms with Crippen LogP contribution in [0.25, 0.3) is 0 Å². The third-order valence-corrected chi connectivity index (χ3v) is 4.38. The van der Waals surface area contributed by atoms with Gasteiger partial charge in [-0.15, -0.1) is 0 Å². The second kappa shape index (κ2) is 7.79. The average Bonchev–Trinajstić information content (AvgIpc) is 2.93. The number of rotatable bonds is 8. The lowest BCUT2D eigenvalue weighted by Gasteiger charge is -2.39. The quantitative estimate of drug-likeness (QED) is 0.793.